The van der Waals surface area contributed by atoms with Gasteiger partial charge in [0.05, 0.1) is 18.5 Å². The van der Waals surface area contributed by atoms with Crippen molar-refractivity contribution >= 4 is 0 Å². The van der Waals surface area contributed by atoms with Crippen molar-refractivity contribution < 1.29 is 9.13 Å². The van der Waals surface area contributed by atoms with Crippen LogP contribution in [-0.4, -0.2) is 22.1 Å². The molecule has 1 aliphatic rings. The predicted octanol–water partition coefficient (Wildman–Crippen LogP) is 2.69. The molecular formula is C17H15FN4O. The fourth-order valence-electron chi connectivity index (χ4n) is 2.83. The van der Waals surface area contributed by atoms with Crippen LogP contribution >= 0.6 is 0 Å². The number of aromatic nitrogens is 3. The summed E-state index contributed by atoms with van der Waals surface area (Å²) in [6.45, 7) is 1.28. The van der Waals surface area contributed by atoms with E-state index in [9.17, 15) is 4.39 Å². The summed E-state index contributed by atoms with van der Waals surface area (Å²) >= 11 is 0. The van der Waals surface area contributed by atoms with Crippen LogP contribution in [0.1, 0.15) is 11.3 Å². The second-order valence-electron chi connectivity index (χ2n) is 5.40. The maximum Gasteiger partial charge on any atom is 0.125 e. The van der Waals surface area contributed by atoms with Crippen LogP contribution in [0.25, 0.3) is 16.9 Å². The number of hydrogen-bond acceptors (Lipinski definition) is 4. The summed E-state index contributed by atoms with van der Waals surface area (Å²) in [5.41, 5.74) is 4.39. The molecule has 1 aliphatic heterocycles. The third kappa shape index (κ3) is 2.37. The van der Waals surface area contributed by atoms with Crippen molar-refractivity contribution in [3.8, 4) is 22.7 Å². The lowest BCUT2D eigenvalue weighted by molar-refractivity contribution is 0.415. The fraction of sp³-hybridized carbons (Fsp3) is 0.176. The SMILES string of the molecule is COc1ccc(-c2nnn3c2CNCc2ccc(F)cc2-3)cc1. The molecule has 0 saturated carbocycles. The van der Waals surface area contributed by atoms with E-state index in [1.165, 1.54) is 12.1 Å². The number of rotatable bonds is 2. The van der Waals surface area contributed by atoms with E-state index in [1.807, 2.05) is 24.3 Å². The molecule has 2 aromatic carbocycles. The van der Waals surface area contributed by atoms with E-state index < -0.39 is 0 Å². The highest BCUT2D eigenvalue weighted by Crippen LogP contribution is 2.28. The summed E-state index contributed by atoms with van der Waals surface area (Å²) < 4.78 is 20.5. The third-order valence-electron chi connectivity index (χ3n) is 4.01. The number of hydrogen-bond donors (Lipinski definition) is 1. The highest BCUT2D eigenvalue weighted by molar-refractivity contribution is 5.63. The van der Waals surface area contributed by atoms with Crippen molar-refractivity contribution in [3.05, 3.63) is 59.5 Å². The van der Waals surface area contributed by atoms with Crippen molar-refractivity contribution in [2.75, 3.05) is 7.11 Å². The smallest absolute Gasteiger partial charge is 0.125 e. The molecule has 0 fully saturated rings. The molecule has 0 amide bonds. The van der Waals surface area contributed by atoms with Crippen LogP contribution in [0.2, 0.25) is 0 Å². The number of halogens is 1. The molecular weight excluding hydrogens is 295 g/mol. The Morgan fingerprint density at radius 3 is 2.74 bits per heavy atom. The largest absolute Gasteiger partial charge is 0.497 e. The molecule has 6 heteroatoms. The monoisotopic (exact) mass is 310 g/mol. The zero-order valence-electron chi connectivity index (χ0n) is 12.6. The minimum Gasteiger partial charge on any atom is -0.497 e. The van der Waals surface area contributed by atoms with Crippen LogP contribution in [0.3, 0.4) is 0 Å². The van der Waals surface area contributed by atoms with Crippen LogP contribution in [0.15, 0.2) is 42.5 Å². The van der Waals surface area contributed by atoms with Gasteiger partial charge in [-0.3, -0.25) is 0 Å². The molecule has 0 bridgehead atoms. The van der Waals surface area contributed by atoms with E-state index in [1.54, 1.807) is 17.9 Å². The van der Waals surface area contributed by atoms with E-state index in [4.69, 9.17) is 4.74 Å². The molecule has 1 aromatic heterocycles. The average molecular weight is 310 g/mol. The van der Waals surface area contributed by atoms with Gasteiger partial charge in [0.25, 0.3) is 0 Å². The van der Waals surface area contributed by atoms with Gasteiger partial charge >= 0.3 is 0 Å². The van der Waals surface area contributed by atoms with Gasteiger partial charge in [0.15, 0.2) is 0 Å². The van der Waals surface area contributed by atoms with Gasteiger partial charge in [0.1, 0.15) is 17.3 Å². The number of nitrogens with one attached hydrogen (secondary N) is 1. The lowest BCUT2D eigenvalue weighted by Gasteiger charge is -2.07. The number of methoxy groups -OCH3 is 1. The summed E-state index contributed by atoms with van der Waals surface area (Å²) in [4.78, 5) is 0. The Bertz CT molecular complexity index is 858. The van der Waals surface area contributed by atoms with Crippen LogP contribution in [0, 0.1) is 5.82 Å². The van der Waals surface area contributed by atoms with Crippen LogP contribution < -0.4 is 10.1 Å². The molecule has 0 atom stereocenters. The van der Waals surface area contributed by atoms with Gasteiger partial charge in [-0.2, -0.15) is 0 Å². The maximum atomic E-state index is 13.6. The first kappa shape index (κ1) is 13.9. The zero-order chi connectivity index (χ0) is 15.8. The first-order valence-corrected chi connectivity index (χ1v) is 7.35. The first-order chi connectivity index (χ1) is 11.3. The lowest BCUT2D eigenvalue weighted by atomic mass is 10.1. The topological polar surface area (TPSA) is 52.0 Å². The van der Waals surface area contributed by atoms with Gasteiger partial charge in [-0.15, -0.1) is 5.10 Å². The van der Waals surface area contributed by atoms with E-state index in [0.29, 0.717) is 13.1 Å². The van der Waals surface area contributed by atoms with Crippen molar-refractivity contribution in [1.29, 1.82) is 0 Å². The van der Waals surface area contributed by atoms with Gasteiger partial charge in [0, 0.05) is 18.7 Å². The summed E-state index contributed by atoms with van der Waals surface area (Å²) in [5.74, 6) is 0.510. The first-order valence-electron chi connectivity index (χ1n) is 7.35. The van der Waals surface area contributed by atoms with Gasteiger partial charge in [-0.25, -0.2) is 9.07 Å². The number of ether oxygens (including phenoxy) is 1. The normalized spacial score (nSPS) is 13.1. The highest BCUT2D eigenvalue weighted by atomic mass is 19.1. The van der Waals surface area contributed by atoms with Gasteiger partial charge < -0.3 is 10.1 Å². The van der Waals surface area contributed by atoms with Gasteiger partial charge in [-0.05, 0) is 42.0 Å². The number of benzene rings is 2. The number of nitrogens with zero attached hydrogens (tertiary/aromatic N) is 3. The fourth-order valence-corrected chi connectivity index (χ4v) is 2.83. The predicted molar refractivity (Wildman–Crippen MR) is 83.8 cm³/mol. The highest BCUT2D eigenvalue weighted by Gasteiger charge is 2.20. The van der Waals surface area contributed by atoms with Gasteiger partial charge in [-0.1, -0.05) is 11.3 Å². The summed E-state index contributed by atoms with van der Waals surface area (Å²) in [6, 6.07) is 12.4. The van der Waals surface area contributed by atoms with Crippen molar-refractivity contribution in [1.82, 2.24) is 20.3 Å². The molecule has 5 nitrogen and oxygen atoms in total. The van der Waals surface area contributed by atoms with E-state index >= 15 is 0 Å². The Labute approximate surface area is 132 Å². The average Bonchev–Trinajstić information content (AvgIpc) is 2.92. The molecule has 116 valence electrons. The van der Waals surface area contributed by atoms with E-state index in [-0.39, 0.29) is 5.82 Å². The molecule has 23 heavy (non-hydrogen) atoms. The number of fused-ring (bicyclic) bond motifs is 3. The molecule has 4 rings (SSSR count). The quantitative estimate of drug-likeness (QED) is 0.791. The van der Waals surface area contributed by atoms with Crippen molar-refractivity contribution in [2.45, 2.75) is 13.1 Å². The second kappa shape index (κ2) is 5.48. The van der Waals surface area contributed by atoms with Crippen LogP contribution in [0.4, 0.5) is 4.39 Å². The van der Waals surface area contributed by atoms with E-state index in [0.717, 1.165) is 34.0 Å². The summed E-state index contributed by atoms with van der Waals surface area (Å²) in [7, 11) is 1.63. The maximum absolute atomic E-state index is 13.6. The molecule has 3 aromatic rings. The minimum atomic E-state index is -0.280. The minimum absolute atomic E-state index is 0.280. The Kier molecular flexibility index (Phi) is 3.31. The third-order valence-corrected chi connectivity index (χ3v) is 4.01. The Morgan fingerprint density at radius 2 is 1.96 bits per heavy atom. The molecule has 1 N–H and O–H groups in total. The van der Waals surface area contributed by atoms with Crippen LogP contribution in [-0.2, 0) is 13.1 Å². The van der Waals surface area contributed by atoms with Crippen LogP contribution in [0.5, 0.6) is 5.75 Å². The molecule has 0 spiro atoms. The lowest BCUT2D eigenvalue weighted by Crippen LogP contribution is -2.11. The Hall–Kier alpha value is -2.73. The van der Waals surface area contributed by atoms with Crippen molar-refractivity contribution in [3.63, 3.8) is 0 Å². The Balaban J connectivity index is 1.84. The van der Waals surface area contributed by atoms with Gasteiger partial charge in [0.2, 0.25) is 0 Å². The molecule has 0 radical (unpaired) electrons. The molecule has 2 heterocycles. The summed E-state index contributed by atoms with van der Waals surface area (Å²) in [5, 5.41) is 11.9. The zero-order valence-corrected chi connectivity index (χ0v) is 12.6. The Morgan fingerprint density at radius 1 is 1.13 bits per heavy atom. The standard InChI is InChI=1S/C17H15FN4O/c1-23-14-6-3-11(4-7-14)17-16-10-19-9-12-2-5-13(18)8-15(12)22(16)21-20-17/h2-8,19H,9-10H2,1H3. The molecule has 0 unspecified atom stereocenters. The summed E-state index contributed by atoms with van der Waals surface area (Å²) in [6.07, 6.45) is 0. The molecule has 0 aliphatic carbocycles. The van der Waals surface area contributed by atoms with E-state index in [2.05, 4.69) is 15.6 Å². The molecule has 0 saturated heterocycles. The van der Waals surface area contributed by atoms with Crippen molar-refractivity contribution in [2.24, 2.45) is 0 Å². The second-order valence-corrected chi connectivity index (χ2v) is 5.40.